The van der Waals surface area contributed by atoms with Crippen LogP contribution in [0.2, 0.25) is 0 Å². The number of sulfonamides is 1. The zero-order valence-electron chi connectivity index (χ0n) is 19.2. The highest BCUT2D eigenvalue weighted by atomic mass is 79.9. The highest BCUT2D eigenvalue weighted by Gasteiger charge is 2.26. The van der Waals surface area contributed by atoms with E-state index in [0.717, 1.165) is 21.3 Å². The van der Waals surface area contributed by atoms with Crippen molar-refractivity contribution >= 4 is 43.9 Å². The summed E-state index contributed by atoms with van der Waals surface area (Å²) >= 11 is 3.54. The average Bonchev–Trinajstić information content (AvgIpc) is 2.74. The summed E-state index contributed by atoms with van der Waals surface area (Å²) < 4.78 is 31.3. The number of aryl methyl sites for hydroxylation is 1. The standard InChI is InChI=1S/C23H29BrN4O4S/c1-17-8-10-18(11-9-17)33(30,31)26-25-16-19-20(24)6-5-7-21(19)27-12-14-28(15-13-27)22(29)32-23(2,3)4/h5-11,16,26H,12-15H2,1-4H3/b25-16+. The van der Waals surface area contributed by atoms with Gasteiger partial charge in [-0.05, 0) is 52.0 Å². The van der Waals surface area contributed by atoms with Crippen LogP contribution >= 0.6 is 15.9 Å². The van der Waals surface area contributed by atoms with Gasteiger partial charge in [-0.2, -0.15) is 13.5 Å². The number of carbonyl (C=O) groups excluding carboxylic acids is 1. The number of benzene rings is 2. The molecule has 1 N–H and O–H groups in total. The molecular formula is C23H29BrN4O4S. The van der Waals surface area contributed by atoms with Gasteiger partial charge in [0, 0.05) is 41.9 Å². The maximum absolute atomic E-state index is 12.5. The van der Waals surface area contributed by atoms with Gasteiger partial charge in [0.15, 0.2) is 0 Å². The van der Waals surface area contributed by atoms with Gasteiger partial charge in [-0.3, -0.25) is 0 Å². The Balaban J connectivity index is 1.71. The summed E-state index contributed by atoms with van der Waals surface area (Å²) in [5, 5.41) is 4.01. The molecule has 1 aliphatic heterocycles. The lowest BCUT2D eigenvalue weighted by atomic mass is 10.1. The minimum atomic E-state index is -3.76. The molecule has 0 saturated carbocycles. The molecule has 0 spiro atoms. The summed E-state index contributed by atoms with van der Waals surface area (Å²) in [6, 6.07) is 12.3. The van der Waals surface area contributed by atoms with Crippen molar-refractivity contribution in [2.24, 2.45) is 5.10 Å². The van der Waals surface area contributed by atoms with E-state index in [1.165, 1.54) is 6.21 Å². The van der Waals surface area contributed by atoms with Crippen molar-refractivity contribution in [3.05, 3.63) is 58.1 Å². The molecule has 1 aliphatic rings. The molecule has 0 aromatic heterocycles. The van der Waals surface area contributed by atoms with E-state index < -0.39 is 15.6 Å². The molecule has 1 amide bonds. The first-order valence-corrected chi connectivity index (χ1v) is 12.9. The number of halogens is 1. The Morgan fingerprint density at radius 1 is 1.09 bits per heavy atom. The number of hydrogen-bond donors (Lipinski definition) is 1. The Hall–Kier alpha value is -2.59. The molecule has 1 saturated heterocycles. The van der Waals surface area contributed by atoms with E-state index in [9.17, 15) is 13.2 Å². The minimum absolute atomic E-state index is 0.149. The van der Waals surface area contributed by atoms with Gasteiger partial charge in [-0.25, -0.2) is 9.63 Å². The fourth-order valence-corrected chi connectivity index (χ4v) is 4.57. The van der Waals surface area contributed by atoms with E-state index in [1.807, 2.05) is 45.9 Å². The van der Waals surface area contributed by atoms with Gasteiger partial charge < -0.3 is 14.5 Å². The highest BCUT2D eigenvalue weighted by Crippen LogP contribution is 2.27. The zero-order valence-corrected chi connectivity index (χ0v) is 21.6. The van der Waals surface area contributed by atoms with Crippen LogP contribution in [0.3, 0.4) is 0 Å². The fraction of sp³-hybridized carbons (Fsp3) is 0.391. The van der Waals surface area contributed by atoms with Crippen molar-refractivity contribution in [1.29, 1.82) is 0 Å². The van der Waals surface area contributed by atoms with E-state index in [2.05, 4.69) is 30.8 Å². The van der Waals surface area contributed by atoms with Gasteiger partial charge in [-0.1, -0.05) is 39.7 Å². The molecule has 0 bridgehead atoms. The molecule has 2 aromatic rings. The summed E-state index contributed by atoms with van der Waals surface area (Å²) in [5.41, 5.74) is 2.08. The molecular weight excluding hydrogens is 508 g/mol. The van der Waals surface area contributed by atoms with Gasteiger partial charge in [0.2, 0.25) is 0 Å². The molecule has 1 fully saturated rings. The Labute approximate surface area is 203 Å². The topological polar surface area (TPSA) is 91.3 Å². The molecule has 8 nitrogen and oxygen atoms in total. The van der Waals surface area contributed by atoms with Crippen LogP contribution in [0.15, 0.2) is 56.9 Å². The number of anilines is 1. The lowest BCUT2D eigenvalue weighted by Gasteiger charge is -2.37. The second-order valence-electron chi connectivity index (χ2n) is 8.79. The predicted molar refractivity (Wildman–Crippen MR) is 133 cm³/mol. The van der Waals surface area contributed by atoms with Gasteiger partial charge in [0.25, 0.3) is 10.0 Å². The molecule has 33 heavy (non-hydrogen) atoms. The number of ether oxygens (including phenoxy) is 1. The average molecular weight is 537 g/mol. The number of nitrogens with one attached hydrogen (secondary N) is 1. The summed E-state index contributed by atoms with van der Waals surface area (Å²) in [5.74, 6) is 0. The zero-order chi connectivity index (χ0) is 24.2. The van der Waals surface area contributed by atoms with Crippen LogP contribution in [-0.2, 0) is 14.8 Å². The largest absolute Gasteiger partial charge is 0.444 e. The lowest BCUT2D eigenvalue weighted by Crippen LogP contribution is -2.50. The molecule has 0 unspecified atom stereocenters. The van der Waals surface area contributed by atoms with Gasteiger partial charge >= 0.3 is 6.09 Å². The van der Waals surface area contributed by atoms with Crippen LogP contribution < -0.4 is 9.73 Å². The number of nitrogens with zero attached hydrogens (tertiary/aromatic N) is 3. The lowest BCUT2D eigenvalue weighted by molar-refractivity contribution is 0.0240. The third-order valence-electron chi connectivity index (χ3n) is 5.00. The van der Waals surface area contributed by atoms with Crippen molar-refractivity contribution in [2.45, 2.75) is 38.2 Å². The van der Waals surface area contributed by atoms with E-state index in [0.29, 0.717) is 26.2 Å². The molecule has 1 heterocycles. The van der Waals surface area contributed by atoms with E-state index in [-0.39, 0.29) is 11.0 Å². The van der Waals surface area contributed by atoms with Crippen LogP contribution in [0.1, 0.15) is 31.9 Å². The highest BCUT2D eigenvalue weighted by molar-refractivity contribution is 9.10. The Kier molecular flexibility index (Phi) is 7.69. The van der Waals surface area contributed by atoms with Crippen LogP contribution in [0, 0.1) is 6.92 Å². The quantitative estimate of drug-likeness (QED) is 0.458. The normalized spacial score (nSPS) is 15.1. The molecule has 3 rings (SSSR count). The number of carbonyl (C=O) groups is 1. The van der Waals surface area contributed by atoms with Gasteiger partial charge in [0.1, 0.15) is 5.60 Å². The molecule has 178 valence electrons. The molecule has 0 atom stereocenters. The molecule has 10 heteroatoms. The molecule has 0 aliphatic carbocycles. The first-order valence-electron chi connectivity index (χ1n) is 10.6. The number of piperazine rings is 1. The van der Waals surface area contributed by atoms with Crippen LogP contribution in [0.25, 0.3) is 0 Å². The van der Waals surface area contributed by atoms with E-state index in [1.54, 1.807) is 29.2 Å². The Morgan fingerprint density at radius 3 is 2.33 bits per heavy atom. The van der Waals surface area contributed by atoms with Crippen molar-refractivity contribution < 1.29 is 17.9 Å². The fourth-order valence-electron chi connectivity index (χ4n) is 3.32. The van der Waals surface area contributed by atoms with Crippen LogP contribution in [-0.4, -0.2) is 57.4 Å². The Bertz CT molecular complexity index is 1120. The van der Waals surface area contributed by atoms with Crippen molar-refractivity contribution in [2.75, 3.05) is 31.1 Å². The predicted octanol–water partition coefficient (Wildman–Crippen LogP) is 4.13. The Morgan fingerprint density at radius 2 is 1.73 bits per heavy atom. The maximum Gasteiger partial charge on any atom is 0.410 e. The summed E-state index contributed by atoms with van der Waals surface area (Å²) in [6.45, 7) is 9.72. The minimum Gasteiger partial charge on any atom is -0.444 e. The second kappa shape index (κ2) is 10.1. The van der Waals surface area contributed by atoms with Crippen molar-refractivity contribution in [1.82, 2.24) is 9.73 Å². The summed E-state index contributed by atoms with van der Waals surface area (Å²) in [6.07, 6.45) is 1.18. The summed E-state index contributed by atoms with van der Waals surface area (Å²) in [7, 11) is -3.76. The van der Waals surface area contributed by atoms with E-state index in [4.69, 9.17) is 4.74 Å². The van der Waals surface area contributed by atoms with Crippen molar-refractivity contribution in [3.63, 3.8) is 0 Å². The van der Waals surface area contributed by atoms with Gasteiger partial charge in [0.05, 0.1) is 11.1 Å². The SMILES string of the molecule is Cc1ccc(S(=O)(=O)N/N=C/c2c(Br)cccc2N2CCN(C(=O)OC(C)(C)C)CC2)cc1. The number of hydrazone groups is 1. The van der Waals surface area contributed by atoms with Gasteiger partial charge in [-0.15, -0.1) is 0 Å². The van der Waals surface area contributed by atoms with Crippen LogP contribution in [0.4, 0.5) is 10.5 Å². The smallest absolute Gasteiger partial charge is 0.410 e. The number of hydrogen-bond acceptors (Lipinski definition) is 6. The number of rotatable bonds is 5. The first-order chi connectivity index (χ1) is 15.5. The number of amides is 1. The van der Waals surface area contributed by atoms with Crippen LogP contribution in [0.5, 0.6) is 0 Å². The molecule has 0 radical (unpaired) electrons. The first kappa shape index (κ1) is 25.0. The third-order valence-corrected chi connectivity index (χ3v) is 6.93. The van der Waals surface area contributed by atoms with Crippen molar-refractivity contribution in [3.8, 4) is 0 Å². The molecule has 2 aromatic carbocycles. The third kappa shape index (κ3) is 6.70. The maximum atomic E-state index is 12.5. The monoisotopic (exact) mass is 536 g/mol. The second-order valence-corrected chi connectivity index (χ2v) is 11.3. The summed E-state index contributed by atoms with van der Waals surface area (Å²) in [4.78, 5) is 18.6. The van der Waals surface area contributed by atoms with E-state index >= 15 is 0 Å².